The smallest absolute Gasteiger partial charge is 0.258 e. The van der Waals surface area contributed by atoms with Crippen LogP contribution in [0.2, 0.25) is 0 Å². The molecule has 3 rings (SSSR count). The summed E-state index contributed by atoms with van der Waals surface area (Å²) in [5, 5.41) is 5.58. The number of aromatic nitrogens is 2. The number of aromatic amines is 1. The first kappa shape index (κ1) is 18.3. The molecule has 0 saturated carbocycles. The Labute approximate surface area is 155 Å². The molecule has 2 heterocycles. The number of para-hydroxylation sites is 1. The van der Waals surface area contributed by atoms with Crippen molar-refractivity contribution >= 4 is 28.1 Å². The van der Waals surface area contributed by atoms with Gasteiger partial charge in [0.15, 0.2) is 0 Å². The fourth-order valence-corrected chi connectivity index (χ4v) is 3.73. The highest BCUT2D eigenvalue weighted by Gasteiger charge is 2.16. The fourth-order valence-electron chi connectivity index (χ4n) is 2.80. The Morgan fingerprint density at radius 3 is 2.81 bits per heavy atom. The van der Waals surface area contributed by atoms with Gasteiger partial charge in [-0.15, -0.1) is 11.3 Å². The molecule has 0 bridgehead atoms. The van der Waals surface area contributed by atoms with Crippen molar-refractivity contribution in [1.82, 2.24) is 20.2 Å². The molecule has 0 radical (unpaired) electrons. The predicted molar refractivity (Wildman–Crippen MR) is 104 cm³/mol. The van der Waals surface area contributed by atoms with E-state index in [0.29, 0.717) is 29.7 Å². The average molecular weight is 370 g/mol. The minimum atomic E-state index is -0.170. The van der Waals surface area contributed by atoms with E-state index in [0.717, 1.165) is 0 Å². The highest BCUT2D eigenvalue weighted by atomic mass is 32.1. The third-order valence-corrected chi connectivity index (χ3v) is 5.21. The molecular weight excluding hydrogens is 348 g/mol. The zero-order valence-electron chi connectivity index (χ0n) is 14.9. The third-order valence-electron chi connectivity index (χ3n) is 4.24. The molecule has 0 fully saturated rings. The lowest BCUT2D eigenvalue weighted by atomic mass is 10.2. The predicted octanol–water partition coefficient (Wildman–Crippen LogP) is 2.34. The van der Waals surface area contributed by atoms with Crippen molar-refractivity contribution in [2.24, 2.45) is 0 Å². The highest BCUT2D eigenvalue weighted by molar-refractivity contribution is 7.10. The summed E-state index contributed by atoms with van der Waals surface area (Å²) < 4.78 is 0. The van der Waals surface area contributed by atoms with Crippen LogP contribution < -0.4 is 10.9 Å². The second-order valence-corrected chi connectivity index (χ2v) is 7.31. The second-order valence-electron chi connectivity index (χ2n) is 6.33. The summed E-state index contributed by atoms with van der Waals surface area (Å²) in [5.74, 6) is 0.482. The topological polar surface area (TPSA) is 78.1 Å². The van der Waals surface area contributed by atoms with Crippen LogP contribution in [0, 0.1) is 0 Å². The lowest BCUT2D eigenvalue weighted by molar-refractivity contribution is -0.121. The van der Waals surface area contributed by atoms with E-state index in [1.165, 1.54) is 4.88 Å². The lowest BCUT2D eigenvalue weighted by Gasteiger charge is -2.23. The molecular formula is C19H22N4O2S. The van der Waals surface area contributed by atoms with Gasteiger partial charge in [-0.1, -0.05) is 18.2 Å². The van der Waals surface area contributed by atoms with Gasteiger partial charge in [-0.25, -0.2) is 4.98 Å². The fraction of sp³-hybridized carbons (Fsp3) is 0.316. The summed E-state index contributed by atoms with van der Waals surface area (Å²) in [6, 6.07) is 11.4. The zero-order chi connectivity index (χ0) is 18.5. The molecule has 26 heavy (non-hydrogen) atoms. The van der Waals surface area contributed by atoms with Crippen LogP contribution in [0.3, 0.4) is 0 Å². The first-order valence-electron chi connectivity index (χ1n) is 8.49. The SMILES string of the molecule is CN(C)C(CNC(=O)CCc1nc2ccccc2c(=O)[nH]1)c1cccs1. The van der Waals surface area contributed by atoms with Crippen LogP contribution >= 0.6 is 11.3 Å². The molecule has 0 spiro atoms. The molecule has 2 aromatic heterocycles. The van der Waals surface area contributed by atoms with E-state index in [2.05, 4.69) is 26.3 Å². The number of amides is 1. The van der Waals surface area contributed by atoms with Gasteiger partial charge in [0, 0.05) is 24.3 Å². The number of carbonyl (C=O) groups excluding carboxylic acids is 1. The summed E-state index contributed by atoms with van der Waals surface area (Å²) in [7, 11) is 4.00. The van der Waals surface area contributed by atoms with Crippen molar-refractivity contribution in [2.75, 3.05) is 20.6 Å². The number of aryl methyl sites for hydroxylation is 1. The van der Waals surface area contributed by atoms with Crippen molar-refractivity contribution in [1.29, 1.82) is 0 Å². The van der Waals surface area contributed by atoms with Crippen molar-refractivity contribution in [3.63, 3.8) is 0 Å². The maximum absolute atomic E-state index is 12.2. The van der Waals surface area contributed by atoms with E-state index in [9.17, 15) is 9.59 Å². The highest BCUT2D eigenvalue weighted by Crippen LogP contribution is 2.22. The van der Waals surface area contributed by atoms with Crippen LogP contribution in [-0.2, 0) is 11.2 Å². The summed E-state index contributed by atoms with van der Waals surface area (Å²) in [6.45, 7) is 0.550. The Morgan fingerprint density at radius 1 is 1.27 bits per heavy atom. The number of hydrogen-bond acceptors (Lipinski definition) is 5. The minimum absolute atomic E-state index is 0.0517. The van der Waals surface area contributed by atoms with Gasteiger partial charge in [0.05, 0.1) is 16.9 Å². The molecule has 1 aromatic carbocycles. The number of fused-ring (bicyclic) bond motifs is 1. The van der Waals surface area contributed by atoms with Gasteiger partial charge in [0.25, 0.3) is 5.56 Å². The summed E-state index contributed by atoms with van der Waals surface area (Å²) in [4.78, 5) is 34.8. The van der Waals surface area contributed by atoms with E-state index in [4.69, 9.17) is 0 Å². The van der Waals surface area contributed by atoms with Gasteiger partial charge in [-0.2, -0.15) is 0 Å². The Balaban J connectivity index is 1.58. The Hall–Kier alpha value is -2.51. The molecule has 7 heteroatoms. The first-order valence-corrected chi connectivity index (χ1v) is 9.37. The largest absolute Gasteiger partial charge is 0.354 e. The Bertz CT molecular complexity index is 934. The molecule has 1 amide bonds. The quantitative estimate of drug-likeness (QED) is 0.669. The van der Waals surface area contributed by atoms with E-state index >= 15 is 0 Å². The molecule has 2 N–H and O–H groups in total. The van der Waals surface area contributed by atoms with E-state index in [-0.39, 0.29) is 23.9 Å². The van der Waals surface area contributed by atoms with Gasteiger partial charge >= 0.3 is 0 Å². The van der Waals surface area contributed by atoms with E-state index in [1.54, 1.807) is 29.5 Å². The Kier molecular flexibility index (Phi) is 5.80. The number of hydrogen-bond donors (Lipinski definition) is 2. The monoisotopic (exact) mass is 370 g/mol. The number of likely N-dealkylation sites (N-methyl/N-ethyl adjacent to an activating group) is 1. The molecule has 0 saturated heterocycles. The van der Waals surface area contributed by atoms with Gasteiger partial charge in [0.2, 0.25) is 5.91 Å². The van der Waals surface area contributed by atoms with E-state index in [1.807, 2.05) is 31.6 Å². The van der Waals surface area contributed by atoms with Crippen LogP contribution in [0.15, 0.2) is 46.6 Å². The number of nitrogens with one attached hydrogen (secondary N) is 2. The number of carbonyl (C=O) groups is 1. The molecule has 3 aromatic rings. The van der Waals surface area contributed by atoms with Gasteiger partial charge in [-0.3, -0.25) is 9.59 Å². The molecule has 136 valence electrons. The van der Waals surface area contributed by atoms with Crippen LogP contribution in [-0.4, -0.2) is 41.4 Å². The van der Waals surface area contributed by atoms with E-state index < -0.39 is 0 Å². The van der Waals surface area contributed by atoms with Gasteiger partial charge < -0.3 is 15.2 Å². The number of rotatable bonds is 7. The van der Waals surface area contributed by atoms with Gasteiger partial charge in [0.1, 0.15) is 5.82 Å². The average Bonchev–Trinajstić information content (AvgIpc) is 3.14. The minimum Gasteiger partial charge on any atom is -0.354 e. The summed E-state index contributed by atoms with van der Waals surface area (Å²) >= 11 is 1.68. The number of H-pyrrole nitrogens is 1. The number of benzene rings is 1. The van der Waals surface area contributed by atoms with Crippen molar-refractivity contribution < 1.29 is 4.79 Å². The molecule has 1 atom stereocenters. The van der Waals surface area contributed by atoms with Crippen LogP contribution in [0.4, 0.5) is 0 Å². The second kappa shape index (κ2) is 8.25. The van der Waals surface area contributed by atoms with Crippen LogP contribution in [0.25, 0.3) is 10.9 Å². The lowest BCUT2D eigenvalue weighted by Crippen LogP contribution is -2.34. The van der Waals surface area contributed by atoms with Crippen molar-refractivity contribution in [3.05, 3.63) is 62.8 Å². The normalized spacial score (nSPS) is 12.4. The number of thiophene rings is 1. The van der Waals surface area contributed by atoms with Gasteiger partial charge in [-0.05, 0) is 37.7 Å². The first-order chi connectivity index (χ1) is 12.5. The summed E-state index contributed by atoms with van der Waals surface area (Å²) in [5.41, 5.74) is 0.480. The third kappa shape index (κ3) is 4.36. The Morgan fingerprint density at radius 2 is 2.08 bits per heavy atom. The maximum Gasteiger partial charge on any atom is 0.258 e. The van der Waals surface area contributed by atoms with Crippen LogP contribution in [0.1, 0.15) is 23.2 Å². The molecule has 1 unspecified atom stereocenters. The number of nitrogens with zero attached hydrogens (tertiary/aromatic N) is 2. The van der Waals surface area contributed by atoms with Crippen LogP contribution in [0.5, 0.6) is 0 Å². The summed E-state index contributed by atoms with van der Waals surface area (Å²) in [6.07, 6.45) is 0.684. The molecule has 0 aliphatic rings. The zero-order valence-corrected chi connectivity index (χ0v) is 15.7. The van der Waals surface area contributed by atoms with Crippen molar-refractivity contribution in [2.45, 2.75) is 18.9 Å². The standard InChI is InChI=1S/C19H22N4O2S/c1-23(2)15(16-8-5-11-26-16)12-20-18(24)10-9-17-21-14-7-4-3-6-13(14)19(25)22-17/h3-8,11,15H,9-10,12H2,1-2H3,(H,20,24)(H,21,22,25). The maximum atomic E-state index is 12.2. The molecule has 0 aliphatic carbocycles. The molecule has 0 aliphatic heterocycles. The van der Waals surface area contributed by atoms with Crippen molar-refractivity contribution in [3.8, 4) is 0 Å². The molecule has 6 nitrogen and oxygen atoms in total.